The molecular weight excluding hydrogens is 390 g/mol. The van der Waals surface area contributed by atoms with E-state index in [1.165, 1.54) is 0 Å². The van der Waals surface area contributed by atoms with Crippen LogP contribution in [0.3, 0.4) is 0 Å². The van der Waals surface area contributed by atoms with Crippen molar-refractivity contribution in [2.45, 2.75) is 39.7 Å². The molecule has 0 saturated carbocycles. The highest BCUT2D eigenvalue weighted by Gasteiger charge is 2.28. The second kappa shape index (κ2) is 11.4. The fraction of sp³-hybridized carbons (Fsp3) is 0.440. The number of piperidine rings is 1. The average molecular weight is 424 g/mol. The SMILES string of the molecule is CC(C)CCOc1ccccc1CNC(=O)C1CCCN(C(=O)Nc2ccccc2)C1. The van der Waals surface area contributed by atoms with E-state index in [-0.39, 0.29) is 17.9 Å². The van der Waals surface area contributed by atoms with Gasteiger partial charge in [0, 0.05) is 30.9 Å². The molecule has 2 aromatic rings. The molecule has 166 valence electrons. The van der Waals surface area contributed by atoms with Crippen LogP contribution in [0.15, 0.2) is 54.6 Å². The minimum atomic E-state index is -0.204. The largest absolute Gasteiger partial charge is 0.493 e. The van der Waals surface area contributed by atoms with Crippen LogP contribution >= 0.6 is 0 Å². The van der Waals surface area contributed by atoms with Crippen molar-refractivity contribution in [3.8, 4) is 5.75 Å². The summed E-state index contributed by atoms with van der Waals surface area (Å²) in [6.07, 6.45) is 2.59. The number of hydrogen-bond acceptors (Lipinski definition) is 3. The summed E-state index contributed by atoms with van der Waals surface area (Å²) in [7, 11) is 0. The molecule has 2 N–H and O–H groups in total. The molecule has 0 bridgehead atoms. The number of urea groups is 1. The second-order valence-corrected chi connectivity index (χ2v) is 8.44. The van der Waals surface area contributed by atoms with Crippen molar-refractivity contribution in [2.24, 2.45) is 11.8 Å². The molecule has 1 aliphatic rings. The molecule has 1 saturated heterocycles. The Labute approximate surface area is 185 Å². The first-order chi connectivity index (χ1) is 15.0. The van der Waals surface area contributed by atoms with E-state index in [0.717, 1.165) is 36.3 Å². The lowest BCUT2D eigenvalue weighted by Crippen LogP contribution is -2.46. The van der Waals surface area contributed by atoms with Gasteiger partial charge in [0.25, 0.3) is 0 Å². The van der Waals surface area contributed by atoms with Crippen molar-refractivity contribution in [3.63, 3.8) is 0 Å². The molecule has 3 rings (SSSR count). The molecule has 2 aromatic carbocycles. The first-order valence-corrected chi connectivity index (χ1v) is 11.1. The summed E-state index contributed by atoms with van der Waals surface area (Å²) in [4.78, 5) is 27.1. The van der Waals surface area contributed by atoms with Gasteiger partial charge in [-0.3, -0.25) is 4.79 Å². The zero-order valence-corrected chi connectivity index (χ0v) is 18.5. The van der Waals surface area contributed by atoms with Crippen LogP contribution in [0.4, 0.5) is 10.5 Å². The van der Waals surface area contributed by atoms with Gasteiger partial charge in [0.2, 0.25) is 5.91 Å². The number of carbonyl (C=O) groups excluding carboxylic acids is 2. The number of nitrogens with zero attached hydrogens (tertiary/aromatic N) is 1. The van der Waals surface area contributed by atoms with Crippen molar-refractivity contribution in [3.05, 3.63) is 60.2 Å². The predicted octanol–water partition coefficient (Wildman–Crippen LogP) is 4.67. The molecule has 1 atom stereocenters. The first kappa shape index (κ1) is 22.7. The maximum Gasteiger partial charge on any atom is 0.321 e. The molecule has 0 aromatic heterocycles. The van der Waals surface area contributed by atoms with Crippen LogP contribution in [-0.2, 0) is 11.3 Å². The number of hydrogen-bond donors (Lipinski definition) is 2. The number of likely N-dealkylation sites (tertiary alicyclic amines) is 1. The molecule has 1 aliphatic heterocycles. The quantitative estimate of drug-likeness (QED) is 0.648. The van der Waals surface area contributed by atoms with E-state index in [1.54, 1.807) is 4.90 Å². The number of rotatable bonds is 8. The van der Waals surface area contributed by atoms with E-state index in [9.17, 15) is 9.59 Å². The van der Waals surface area contributed by atoms with Crippen LogP contribution in [-0.4, -0.2) is 36.5 Å². The fourth-order valence-electron chi connectivity index (χ4n) is 3.62. The van der Waals surface area contributed by atoms with Crippen molar-refractivity contribution in [1.82, 2.24) is 10.2 Å². The third kappa shape index (κ3) is 7.02. The van der Waals surface area contributed by atoms with E-state index >= 15 is 0 Å². The van der Waals surface area contributed by atoms with E-state index in [0.29, 0.717) is 32.2 Å². The molecule has 1 fully saturated rings. The summed E-state index contributed by atoms with van der Waals surface area (Å²) >= 11 is 0. The van der Waals surface area contributed by atoms with Crippen LogP contribution < -0.4 is 15.4 Å². The van der Waals surface area contributed by atoms with Gasteiger partial charge in [0.15, 0.2) is 0 Å². The van der Waals surface area contributed by atoms with E-state index in [1.807, 2.05) is 54.6 Å². The molecule has 6 nitrogen and oxygen atoms in total. The second-order valence-electron chi connectivity index (χ2n) is 8.44. The van der Waals surface area contributed by atoms with Crippen molar-refractivity contribution < 1.29 is 14.3 Å². The number of para-hydroxylation sites is 2. The lowest BCUT2D eigenvalue weighted by molar-refractivity contribution is -0.126. The lowest BCUT2D eigenvalue weighted by Gasteiger charge is -2.32. The van der Waals surface area contributed by atoms with E-state index in [2.05, 4.69) is 24.5 Å². The minimum absolute atomic E-state index is 0.0193. The van der Waals surface area contributed by atoms with Crippen LogP contribution in [0.25, 0.3) is 0 Å². The number of anilines is 1. The zero-order valence-electron chi connectivity index (χ0n) is 18.5. The normalized spacial score (nSPS) is 16.1. The molecule has 6 heteroatoms. The maximum absolute atomic E-state index is 12.8. The molecule has 1 unspecified atom stereocenters. The van der Waals surface area contributed by atoms with Crippen molar-refractivity contribution in [1.29, 1.82) is 0 Å². The van der Waals surface area contributed by atoms with Gasteiger partial charge in [-0.2, -0.15) is 0 Å². The summed E-state index contributed by atoms with van der Waals surface area (Å²) in [5.74, 6) is 1.18. The van der Waals surface area contributed by atoms with Gasteiger partial charge < -0.3 is 20.3 Å². The predicted molar refractivity (Wildman–Crippen MR) is 123 cm³/mol. The number of amides is 3. The summed E-state index contributed by atoms with van der Waals surface area (Å²) in [6.45, 7) is 6.51. The molecule has 1 heterocycles. The van der Waals surface area contributed by atoms with Gasteiger partial charge in [-0.15, -0.1) is 0 Å². The highest BCUT2D eigenvalue weighted by Crippen LogP contribution is 2.21. The molecule has 0 radical (unpaired) electrons. The highest BCUT2D eigenvalue weighted by molar-refractivity contribution is 5.90. The maximum atomic E-state index is 12.8. The summed E-state index contributed by atoms with van der Waals surface area (Å²) < 4.78 is 5.92. The Morgan fingerprint density at radius 1 is 1.10 bits per heavy atom. The standard InChI is InChI=1S/C25H33N3O3/c1-19(2)14-16-31-23-13-7-6-9-20(23)17-26-24(29)21-10-8-15-28(18-21)25(30)27-22-11-4-3-5-12-22/h3-7,9,11-13,19,21H,8,10,14-18H2,1-2H3,(H,26,29)(H,27,30). The summed E-state index contributed by atoms with van der Waals surface area (Å²) in [5, 5.41) is 5.94. The van der Waals surface area contributed by atoms with Crippen LogP contribution in [0.2, 0.25) is 0 Å². The number of carbonyl (C=O) groups is 2. The fourth-order valence-corrected chi connectivity index (χ4v) is 3.62. The molecular formula is C25H33N3O3. The van der Waals surface area contributed by atoms with Gasteiger partial charge in [-0.05, 0) is 43.4 Å². The molecule has 0 aliphatic carbocycles. The number of ether oxygens (including phenoxy) is 1. The third-order valence-corrected chi connectivity index (χ3v) is 5.48. The third-order valence-electron chi connectivity index (χ3n) is 5.48. The van der Waals surface area contributed by atoms with Crippen LogP contribution in [0.5, 0.6) is 5.75 Å². The Hall–Kier alpha value is -3.02. The van der Waals surface area contributed by atoms with Crippen molar-refractivity contribution >= 4 is 17.6 Å². The Kier molecular flexibility index (Phi) is 8.33. The Bertz CT molecular complexity index is 854. The molecule has 0 spiro atoms. The number of benzene rings is 2. The minimum Gasteiger partial charge on any atom is -0.493 e. The lowest BCUT2D eigenvalue weighted by atomic mass is 9.97. The number of nitrogens with one attached hydrogen (secondary N) is 2. The van der Waals surface area contributed by atoms with Gasteiger partial charge in [0.1, 0.15) is 5.75 Å². The smallest absolute Gasteiger partial charge is 0.321 e. The van der Waals surface area contributed by atoms with Crippen LogP contribution in [0.1, 0.15) is 38.7 Å². The van der Waals surface area contributed by atoms with E-state index < -0.39 is 0 Å². The van der Waals surface area contributed by atoms with E-state index in [4.69, 9.17) is 4.74 Å². The Balaban J connectivity index is 1.51. The van der Waals surface area contributed by atoms with Crippen LogP contribution in [0, 0.1) is 11.8 Å². The van der Waals surface area contributed by atoms with Crippen molar-refractivity contribution in [2.75, 3.05) is 25.0 Å². The Morgan fingerprint density at radius 2 is 1.84 bits per heavy atom. The topological polar surface area (TPSA) is 70.7 Å². The summed E-state index contributed by atoms with van der Waals surface area (Å²) in [5.41, 5.74) is 1.72. The molecule has 3 amide bonds. The van der Waals surface area contributed by atoms with Gasteiger partial charge in [0.05, 0.1) is 12.5 Å². The Morgan fingerprint density at radius 3 is 2.61 bits per heavy atom. The van der Waals surface area contributed by atoms with Gasteiger partial charge in [-0.25, -0.2) is 4.79 Å². The summed E-state index contributed by atoms with van der Waals surface area (Å²) in [6, 6.07) is 17.0. The average Bonchev–Trinajstić information content (AvgIpc) is 2.78. The zero-order chi connectivity index (χ0) is 22.1. The monoisotopic (exact) mass is 423 g/mol. The molecule has 31 heavy (non-hydrogen) atoms. The first-order valence-electron chi connectivity index (χ1n) is 11.1. The van der Waals surface area contributed by atoms with Gasteiger partial charge >= 0.3 is 6.03 Å². The highest BCUT2D eigenvalue weighted by atomic mass is 16.5. The van der Waals surface area contributed by atoms with Gasteiger partial charge in [-0.1, -0.05) is 50.2 Å².